The number of piperidine rings is 1. The largest absolute Gasteiger partial charge is 0.493 e. The van der Waals surface area contributed by atoms with E-state index in [1.807, 2.05) is 0 Å². The third kappa shape index (κ3) is 4.98. The molecule has 29 heavy (non-hydrogen) atoms. The van der Waals surface area contributed by atoms with Gasteiger partial charge in [-0.2, -0.15) is 17.8 Å². The molecule has 0 aliphatic carbocycles. The monoisotopic (exact) mass is 423 g/mol. The highest BCUT2D eigenvalue weighted by molar-refractivity contribution is 7.85. The van der Waals surface area contributed by atoms with Crippen LogP contribution in [0.15, 0.2) is 42.5 Å². The Kier molecular flexibility index (Phi) is 5.62. The molecule has 156 valence electrons. The molecule has 2 heterocycles. The van der Waals surface area contributed by atoms with Crippen LogP contribution in [0.25, 0.3) is 0 Å². The number of benzene rings is 2. The smallest absolute Gasteiger partial charge is 0.280 e. The van der Waals surface area contributed by atoms with E-state index in [4.69, 9.17) is 18.5 Å². The van der Waals surface area contributed by atoms with Gasteiger partial charge >= 0.3 is 0 Å². The van der Waals surface area contributed by atoms with E-state index >= 15 is 0 Å². The van der Waals surface area contributed by atoms with Gasteiger partial charge in [0.2, 0.25) is 6.79 Å². The second kappa shape index (κ2) is 8.17. The zero-order valence-corrected chi connectivity index (χ0v) is 16.7. The molecule has 0 amide bonds. The number of hydrogen-bond acceptors (Lipinski definition) is 7. The summed E-state index contributed by atoms with van der Waals surface area (Å²) >= 11 is 0. The van der Waals surface area contributed by atoms with Crippen molar-refractivity contribution < 1.29 is 31.3 Å². The van der Waals surface area contributed by atoms with Crippen molar-refractivity contribution in [1.82, 2.24) is 5.06 Å². The topological polar surface area (TPSA) is 74.3 Å². The minimum Gasteiger partial charge on any atom is -0.493 e. The molecule has 7 nitrogen and oxygen atoms in total. The van der Waals surface area contributed by atoms with Gasteiger partial charge in [0, 0.05) is 25.1 Å². The molecule has 2 aliphatic heterocycles. The predicted octanol–water partition coefficient (Wildman–Crippen LogP) is 2.93. The second-order valence-electron chi connectivity index (χ2n) is 7.20. The molecule has 9 heteroatoms. The fourth-order valence-corrected chi connectivity index (χ4v) is 4.26. The molecule has 4 rings (SSSR count). The van der Waals surface area contributed by atoms with Crippen molar-refractivity contribution in [3.8, 4) is 17.2 Å². The minimum atomic E-state index is -3.60. The second-order valence-corrected chi connectivity index (χ2v) is 8.76. The normalized spacial score (nSPS) is 21.9. The molecule has 0 N–H and O–H groups in total. The fourth-order valence-electron chi connectivity index (χ4n) is 3.75. The Labute approximate surface area is 169 Å². The molecule has 0 aromatic heterocycles. The van der Waals surface area contributed by atoms with Crippen LogP contribution in [0.5, 0.6) is 17.2 Å². The molecule has 1 saturated heterocycles. The van der Waals surface area contributed by atoms with Gasteiger partial charge in [0.05, 0.1) is 12.9 Å². The van der Waals surface area contributed by atoms with Gasteiger partial charge in [0.15, 0.2) is 11.5 Å². The van der Waals surface area contributed by atoms with Crippen LogP contribution in [0.2, 0.25) is 0 Å². The summed E-state index contributed by atoms with van der Waals surface area (Å²) in [5, 5.41) is 1.45. The van der Waals surface area contributed by atoms with E-state index in [0.29, 0.717) is 43.4 Å². The van der Waals surface area contributed by atoms with Crippen molar-refractivity contribution in [3.05, 3.63) is 53.8 Å². The van der Waals surface area contributed by atoms with Gasteiger partial charge in [-0.15, -0.1) is 0 Å². The van der Waals surface area contributed by atoms with Crippen molar-refractivity contribution in [2.75, 3.05) is 32.7 Å². The maximum absolute atomic E-state index is 13.3. The summed E-state index contributed by atoms with van der Waals surface area (Å²) in [4.78, 5) is 0. The quantitative estimate of drug-likeness (QED) is 0.707. The Hall–Kier alpha value is -2.36. The zero-order chi connectivity index (χ0) is 20.4. The third-order valence-electron chi connectivity index (χ3n) is 5.04. The first-order valence-electron chi connectivity index (χ1n) is 9.30. The van der Waals surface area contributed by atoms with Gasteiger partial charge in [-0.25, -0.2) is 4.39 Å². The van der Waals surface area contributed by atoms with Crippen molar-refractivity contribution in [3.63, 3.8) is 0 Å². The van der Waals surface area contributed by atoms with Gasteiger partial charge in [-0.3, -0.25) is 0 Å². The molecule has 0 saturated carbocycles. The lowest BCUT2D eigenvalue weighted by Gasteiger charge is -2.37. The van der Waals surface area contributed by atoms with E-state index in [9.17, 15) is 12.8 Å². The Morgan fingerprint density at radius 1 is 1.14 bits per heavy atom. The highest BCUT2D eigenvalue weighted by atomic mass is 32.2. The summed E-state index contributed by atoms with van der Waals surface area (Å²) in [6.07, 6.45) is 1.69. The minimum absolute atomic E-state index is 0.0543. The molecule has 0 radical (unpaired) electrons. The molecular formula is C20H22FNO6S. The van der Waals surface area contributed by atoms with Crippen molar-refractivity contribution in [2.24, 2.45) is 5.92 Å². The summed E-state index contributed by atoms with van der Waals surface area (Å²) in [5.74, 6) is 1.67. The van der Waals surface area contributed by atoms with Crippen molar-refractivity contribution in [1.29, 1.82) is 0 Å². The Morgan fingerprint density at radius 3 is 2.66 bits per heavy atom. The van der Waals surface area contributed by atoms with Gasteiger partial charge in [0.1, 0.15) is 11.6 Å². The van der Waals surface area contributed by atoms with Crippen LogP contribution in [0.4, 0.5) is 4.39 Å². The van der Waals surface area contributed by atoms with Crippen LogP contribution < -0.4 is 14.2 Å². The number of halogens is 1. The summed E-state index contributed by atoms with van der Waals surface area (Å²) < 4.78 is 58.1. The molecule has 0 bridgehead atoms. The van der Waals surface area contributed by atoms with E-state index in [1.54, 1.807) is 30.3 Å². The summed E-state index contributed by atoms with van der Waals surface area (Å²) in [6.45, 7) is 1.35. The molecule has 2 aromatic carbocycles. The van der Waals surface area contributed by atoms with E-state index in [2.05, 4.69) is 0 Å². The van der Waals surface area contributed by atoms with Crippen LogP contribution in [0.3, 0.4) is 0 Å². The summed E-state index contributed by atoms with van der Waals surface area (Å²) in [6, 6.07) is 11.8. The molecule has 2 aromatic rings. The highest BCUT2D eigenvalue weighted by Crippen LogP contribution is 2.37. The first-order chi connectivity index (χ1) is 13.9. The van der Waals surface area contributed by atoms with E-state index in [1.165, 1.54) is 17.2 Å². The summed E-state index contributed by atoms with van der Waals surface area (Å²) in [5.41, 5.74) is 0.990. The molecule has 2 atom stereocenters. The number of ether oxygens (including phenoxy) is 3. The summed E-state index contributed by atoms with van der Waals surface area (Å²) in [7, 11) is -3.60. The first kappa shape index (κ1) is 19.9. The molecule has 0 unspecified atom stereocenters. The molecule has 1 fully saturated rings. The van der Waals surface area contributed by atoms with Crippen LogP contribution >= 0.6 is 0 Å². The van der Waals surface area contributed by atoms with Crippen LogP contribution in [-0.2, 0) is 14.4 Å². The van der Waals surface area contributed by atoms with Crippen LogP contribution in [0.1, 0.15) is 17.9 Å². The maximum atomic E-state index is 13.3. The average Bonchev–Trinajstić information content (AvgIpc) is 3.14. The average molecular weight is 423 g/mol. The van der Waals surface area contributed by atoms with Gasteiger partial charge in [0.25, 0.3) is 10.1 Å². The Morgan fingerprint density at radius 2 is 1.90 bits per heavy atom. The van der Waals surface area contributed by atoms with Crippen molar-refractivity contribution in [2.45, 2.75) is 12.3 Å². The zero-order valence-electron chi connectivity index (χ0n) is 15.9. The van der Waals surface area contributed by atoms with E-state index in [0.717, 1.165) is 11.8 Å². The van der Waals surface area contributed by atoms with E-state index < -0.39 is 10.1 Å². The number of hydrogen-bond donors (Lipinski definition) is 0. The van der Waals surface area contributed by atoms with E-state index in [-0.39, 0.29) is 24.4 Å². The maximum Gasteiger partial charge on any atom is 0.280 e. The van der Waals surface area contributed by atoms with Crippen LogP contribution in [-0.4, -0.2) is 46.2 Å². The number of hydroxylamine groups is 2. The lowest BCUT2D eigenvalue weighted by Crippen LogP contribution is -2.42. The Balaban J connectivity index is 1.49. The standard InChI is InChI=1S/C20H22FNO6S/c1-29(23,24)28-22-9-8-18(14-2-4-16(21)5-3-14)15(11-22)12-25-17-6-7-19-20(10-17)27-13-26-19/h2-7,10,15,18H,8-9,11-13H2,1H3/t15-,18-/m0/s1. The van der Waals surface area contributed by atoms with Gasteiger partial charge in [-0.05, 0) is 42.2 Å². The molecular weight excluding hydrogens is 401 g/mol. The number of rotatable bonds is 6. The van der Waals surface area contributed by atoms with Crippen LogP contribution in [0, 0.1) is 11.7 Å². The third-order valence-corrected chi connectivity index (χ3v) is 5.53. The Bertz CT molecular complexity index is 965. The van der Waals surface area contributed by atoms with Gasteiger partial charge in [-0.1, -0.05) is 12.1 Å². The SMILES string of the molecule is CS(=O)(=O)ON1CC[C@@H](c2ccc(F)cc2)[C@H](COc2ccc3c(c2)OCO3)C1. The van der Waals surface area contributed by atoms with Gasteiger partial charge < -0.3 is 14.2 Å². The lowest BCUT2D eigenvalue weighted by molar-refractivity contribution is -0.0911. The number of nitrogens with zero attached hydrogens (tertiary/aromatic N) is 1. The molecule has 0 spiro atoms. The lowest BCUT2D eigenvalue weighted by atomic mass is 9.81. The molecule has 2 aliphatic rings. The van der Waals surface area contributed by atoms with Crippen molar-refractivity contribution >= 4 is 10.1 Å². The number of fused-ring (bicyclic) bond motifs is 1. The fraction of sp³-hybridized carbons (Fsp3) is 0.400. The first-order valence-corrected chi connectivity index (χ1v) is 11.1. The predicted molar refractivity (Wildman–Crippen MR) is 103 cm³/mol. The highest BCUT2D eigenvalue weighted by Gasteiger charge is 2.33.